The summed E-state index contributed by atoms with van der Waals surface area (Å²) in [6.07, 6.45) is 5.91. The van der Waals surface area contributed by atoms with E-state index in [1.165, 1.54) is 6.42 Å². The van der Waals surface area contributed by atoms with Crippen LogP contribution in [0.2, 0.25) is 10.0 Å². The van der Waals surface area contributed by atoms with Crippen molar-refractivity contribution in [3.63, 3.8) is 0 Å². The van der Waals surface area contributed by atoms with E-state index in [0.29, 0.717) is 23.0 Å². The van der Waals surface area contributed by atoms with Crippen LogP contribution in [0.1, 0.15) is 57.9 Å². The van der Waals surface area contributed by atoms with Crippen LogP contribution in [0.3, 0.4) is 0 Å². The van der Waals surface area contributed by atoms with Gasteiger partial charge in [0.25, 0.3) is 0 Å². The Morgan fingerprint density at radius 2 is 1.92 bits per heavy atom. The van der Waals surface area contributed by atoms with Gasteiger partial charge in [0.2, 0.25) is 11.8 Å². The first kappa shape index (κ1) is 20.1. The van der Waals surface area contributed by atoms with Gasteiger partial charge in [-0.3, -0.25) is 9.59 Å². The second-order valence-electron chi connectivity index (χ2n) is 6.63. The number of amides is 2. The molecular formula is C19H26Cl2N2O2. The Morgan fingerprint density at radius 1 is 1.24 bits per heavy atom. The fourth-order valence-electron chi connectivity index (χ4n) is 3.19. The molecule has 0 heterocycles. The summed E-state index contributed by atoms with van der Waals surface area (Å²) >= 11 is 12.2. The lowest BCUT2D eigenvalue weighted by Crippen LogP contribution is -2.50. The maximum Gasteiger partial charge on any atom is 0.242 e. The molecule has 0 bridgehead atoms. The molecule has 2 rings (SSSR count). The number of rotatable bonds is 6. The van der Waals surface area contributed by atoms with Crippen molar-refractivity contribution in [1.82, 2.24) is 10.2 Å². The average molecular weight is 385 g/mol. The summed E-state index contributed by atoms with van der Waals surface area (Å²) in [5.74, 6) is -0.170. The molecule has 6 heteroatoms. The molecule has 1 fully saturated rings. The second-order valence-corrected chi connectivity index (χ2v) is 7.47. The summed E-state index contributed by atoms with van der Waals surface area (Å²) in [6.45, 7) is 3.86. The molecule has 1 aromatic rings. The quantitative estimate of drug-likeness (QED) is 0.780. The van der Waals surface area contributed by atoms with Crippen LogP contribution in [0, 0.1) is 0 Å². The summed E-state index contributed by atoms with van der Waals surface area (Å²) in [7, 11) is 0. The van der Waals surface area contributed by atoms with Crippen LogP contribution in [-0.4, -0.2) is 28.8 Å². The molecule has 1 aliphatic carbocycles. The summed E-state index contributed by atoms with van der Waals surface area (Å²) < 4.78 is 0. The highest BCUT2D eigenvalue weighted by Gasteiger charge is 2.27. The molecular weight excluding hydrogens is 359 g/mol. The molecule has 0 aliphatic heterocycles. The molecule has 0 radical (unpaired) electrons. The molecule has 1 saturated carbocycles. The maximum atomic E-state index is 12.6. The lowest BCUT2D eigenvalue weighted by atomic mass is 9.95. The Balaban J connectivity index is 2.09. The zero-order chi connectivity index (χ0) is 18.4. The SMILES string of the molecule is CCC(=O)N(Cc1ccc(Cl)cc1Cl)[C@H](C)C(=O)NC1CCCCC1. The van der Waals surface area contributed by atoms with Gasteiger partial charge < -0.3 is 10.2 Å². The van der Waals surface area contributed by atoms with E-state index in [-0.39, 0.29) is 17.9 Å². The van der Waals surface area contributed by atoms with Gasteiger partial charge in [0, 0.05) is 29.1 Å². The van der Waals surface area contributed by atoms with Gasteiger partial charge in [-0.15, -0.1) is 0 Å². The molecule has 0 unspecified atom stereocenters. The van der Waals surface area contributed by atoms with Crippen LogP contribution in [0.5, 0.6) is 0 Å². The van der Waals surface area contributed by atoms with Gasteiger partial charge in [0.05, 0.1) is 0 Å². The van der Waals surface area contributed by atoms with Crippen molar-refractivity contribution in [2.24, 2.45) is 0 Å². The van der Waals surface area contributed by atoms with Crippen LogP contribution in [0.15, 0.2) is 18.2 Å². The molecule has 138 valence electrons. The van der Waals surface area contributed by atoms with Crippen molar-refractivity contribution in [3.8, 4) is 0 Å². The molecule has 1 aliphatic rings. The van der Waals surface area contributed by atoms with Crippen LogP contribution in [0.4, 0.5) is 0 Å². The first-order chi connectivity index (χ1) is 11.9. The molecule has 0 spiro atoms. The van der Waals surface area contributed by atoms with Crippen molar-refractivity contribution < 1.29 is 9.59 Å². The summed E-state index contributed by atoms with van der Waals surface area (Å²) in [6, 6.07) is 4.87. The zero-order valence-electron chi connectivity index (χ0n) is 14.9. The van der Waals surface area contributed by atoms with Crippen molar-refractivity contribution in [2.45, 2.75) is 71.0 Å². The normalized spacial score (nSPS) is 16.3. The Morgan fingerprint density at radius 3 is 2.52 bits per heavy atom. The Bertz CT molecular complexity index is 615. The smallest absolute Gasteiger partial charge is 0.242 e. The molecule has 1 atom stereocenters. The minimum Gasteiger partial charge on any atom is -0.352 e. The number of nitrogens with one attached hydrogen (secondary N) is 1. The predicted molar refractivity (Wildman–Crippen MR) is 102 cm³/mol. The highest BCUT2D eigenvalue weighted by Crippen LogP contribution is 2.24. The van der Waals surface area contributed by atoms with Crippen molar-refractivity contribution in [2.75, 3.05) is 0 Å². The summed E-state index contributed by atoms with van der Waals surface area (Å²) in [5.41, 5.74) is 0.783. The Hall–Kier alpha value is -1.26. The van der Waals surface area contributed by atoms with Crippen LogP contribution in [-0.2, 0) is 16.1 Å². The van der Waals surface area contributed by atoms with Gasteiger partial charge in [-0.25, -0.2) is 0 Å². The highest BCUT2D eigenvalue weighted by atomic mass is 35.5. The zero-order valence-corrected chi connectivity index (χ0v) is 16.4. The molecule has 25 heavy (non-hydrogen) atoms. The van der Waals surface area contributed by atoms with E-state index in [0.717, 1.165) is 31.2 Å². The van der Waals surface area contributed by atoms with E-state index < -0.39 is 6.04 Å². The molecule has 0 saturated heterocycles. The standard InChI is InChI=1S/C19H26Cl2N2O2/c1-3-18(24)23(12-14-9-10-15(20)11-17(14)21)13(2)19(25)22-16-7-5-4-6-8-16/h9-11,13,16H,3-8,12H2,1-2H3,(H,22,25)/t13-/m1/s1. The van der Waals surface area contributed by atoms with Crippen molar-refractivity contribution in [1.29, 1.82) is 0 Å². The summed E-state index contributed by atoms with van der Waals surface area (Å²) in [4.78, 5) is 26.6. The predicted octanol–water partition coefficient (Wildman–Crippen LogP) is 4.57. The third-order valence-electron chi connectivity index (χ3n) is 4.78. The first-order valence-corrected chi connectivity index (χ1v) is 9.71. The fourth-order valence-corrected chi connectivity index (χ4v) is 3.66. The topological polar surface area (TPSA) is 49.4 Å². The average Bonchev–Trinajstić information content (AvgIpc) is 2.60. The number of hydrogen-bond donors (Lipinski definition) is 1. The Labute approximate surface area is 159 Å². The van der Waals surface area contributed by atoms with Crippen molar-refractivity contribution >= 4 is 35.0 Å². The maximum absolute atomic E-state index is 12.6. The number of halogens is 2. The first-order valence-electron chi connectivity index (χ1n) is 8.96. The fraction of sp³-hybridized carbons (Fsp3) is 0.579. The molecule has 1 N–H and O–H groups in total. The third kappa shape index (κ3) is 5.61. The van der Waals surface area contributed by atoms with Gasteiger partial charge in [-0.05, 0) is 37.5 Å². The van der Waals surface area contributed by atoms with Crippen LogP contribution < -0.4 is 5.32 Å². The number of benzene rings is 1. The van der Waals surface area contributed by atoms with E-state index in [2.05, 4.69) is 5.32 Å². The van der Waals surface area contributed by atoms with Gasteiger partial charge in [0.1, 0.15) is 6.04 Å². The van der Waals surface area contributed by atoms with Gasteiger partial charge >= 0.3 is 0 Å². The number of hydrogen-bond acceptors (Lipinski definition) is 2. The lowest BCUT2D eigenvalue weighted by Gasteiger charge is -2.31. The number of nitrogens with zero attached hydrogens (tertiary/aromatic N) is 1. The summed E-state index contributed by atoms with van der Waals surface area (Å²) in [5, 5.41) is 4.15. The minimum atomic E-state index is -0.541. The number of carbonyl (C=O) groups is 2. The van der Waals surface area contributed by atoms with E-state index in [1.807, 2.05) is 0 Å². The molecule has 2 amide bonds. The monoisotopic (exact) mass is 384 g/mol. The van der Waals surface area contributed by atoms with Crippen LogP contribution in [0.25, 0.3) is 0 Å². The van der Waals surface area contributed by atoms with E-state index >= 15 is 0 Å². The van der Waals surface area contributed by atoms with E-state index in [4.69, 9.17) is 23.2 Å². The van der Waals surface area contributed by atoms with Gasteiger partial charge in [-0.2, -0.15) is 0 Å². The van der Waals surface area contributed by atoms with Gasteiger partial charge in [-0.1, -0.05) is 55.5 Å². The second kappa shape index (κ2) is 9.44. The largest absolute Gasteiger partial charge is 0.352 e. The van der Waals surface area contributed by atoms with Crippen molar-refractivity contribution in [3.05, 3.63) is 33.8 Å². The highest BCUT2D eigenvalue weighted by molar-refractivity contribution is 6.35. The van der Waals surface area contributed by atoms with Crippen LogP contribution >= 0.6 is 23.2 Å². The van der Waals surface area contributed by atoms with E-state index in [1.54, 1.807) is 36.9 Å². The Kier molecular flexibility index (Phi) is 7.57. The minimum absolute atomic E-state index is 0.0719. The lowest BCUT2D eigenvalue weighted by molar-refractivity contribution is -0.140. The third-order valence-corrected chi connectivity index (χ3v) is 5.36. The number of carbonyl (C=O) groups excluding carboxylic acids is 2. The molecule has 4 nitrogen and oxygen atoms in total. The van der Waals surface area contributed by atoms with Gasteiger partial charge in [0.15, 0.2) is 0 Å². The molecule has 1 aromatic carbocycles. The molecule has 0 aromatic heterocycles. The van der Waals surface area contributed by atoms with E-state index in [9.17, 15) is 9.59 Å².